The van der Waals surface area contributed by atoms with E-state index in [1.54, 1.807) is 29.2 Å². The number of halogens is 1. The molecule has 3 N–H and O–H groups in total. The normalized spacial score (nSPS) is 10.3. The molecular formula is C11H12ClN5O. The van der Waals surface area contributed by atoms with Gasteiger partial charge in [0.2, 0.25) is 0 Å². The predicted molar refractivity (Wildman–Crippen MR) is 68.2 cm³/mol. The highest BCUT2D eigenvalue weighted by Gasteiger charge is 2.05. The summed E-state index contributed by atoms with van der Waals surface area (Å²) in [6.45, 7) is 1.00. The van der Waals surface area contributed by atoms with E-state index in [-0.39, 0.29) is 5.91 Å². The van der Waals surface area contributed by atoms with Crippen molar-refractivity contribution in [3.8, 4) is 0 Å². The number of nitrogen functional groups attached to an aromatic ring is 1. The Balaban J connectivity index is 1.83. The van der Waals surface area contributed by atoms with E-state index in [0.29, 0.717) is 29.5 Å². The van der Waals surface area contributed by atoms with E-state index in [1.165, 1.54) is 6.20 Å². The second kappa shape index (κ2) is 5.50. The number of carbonyl (C=O) groups is 1. The van der Waals surface area contributed by atoms with Crippen LogP contribution in [-0.2, 0) is 6.54 Å². The summed E-state index contributed by atoms with van der Waals surface area (Å²) in [5.41, 5.74) is 6.45. The summed E-state index contributed by atoms with van der Waals surface area (Å²) >= 11 is 5.69. The van der Waals surface area contributed by atoms with Crippen molar-refractivity contribution in [3.05, 3.63) is 41.4 Å². The van der Waals surface area contributed by atoms with Crippen molar-refractivity contribution in [3.63, 3.8) is 0 Å². The maximum Gasteiger partial charge on any atom is 0.269 e. The van der Waals surface area contributed by atoms with E-state index in [9.17, 15) is 4.79 Å². The van der Waals surface area contributed by atoms with Crippen LogP contribution in [0.3, 0.4) is 0 Å². The van der Waals surface area contributed by atoms with Crippen LogP contribution >= 0.6 is 11.6 Å². The Morgan fingerprint density at radius 2 is 2.28 bits per heavy atom. The summed E-state index contributed by atoms with van der Waals surface area (Å²) in [7, 11) is 0. The van der Waals surface area contributed by atoms with Crippen LogP contribution < -0.4 is 11.1 Å². The highest BCUT2D eigenvalue weighted by atomic mass is 35.5. The van der Waals surface area contributed by atoms with Crippen LogP contribution in [0.15, 0.2) is 30.7 Å². The summed E-state index contributed by atoms with van der Waals surface area (Å²) in [5.74, 6) is -0.244. The highest BCUT2D eigenvalue weighted by Crippen LogP contribution is 2.05. The zero-order valence-corrected chi connectivity index (χ0v) is 10.3. The molecule has 0 saturated carbocycles. The minimum Gasteiger partial charge on any atom is -0.396 e. The molecule has 0 saturated heterocycles. The molecule has 2 aromatic rings. The van der Waals surface area contributed by atoms with Crippen molar-refractivity contribution in [2.45, 2.75) is 6.54 Å². The Bertz CT molecular complexity index is 537. The van der Waals surface area contributed by atoms with Crippen molar-refractivity contribution in [2.75, 3.05) is 12.3 Å². The Morgan fingerprint density at radius 3 is 2.89 bits per heavy atom. The topological polar surface area (TPSA) is 85.8 Å². The Morgan fingerprint density at radius 1 is 1.44 bits per heavy atom. The van der Waals surface area contributed by atoms with Gasteiger partial charge in [0.05, 0.1) is 23.5 Å². The number of aromatic nitrogens is 3. The first-order valence-corrected chi connectivity index (χ1v) is 5.70. The lowest BCUT2D eigenvalue weighted by Gasteiger charge is -2.04. The van der Waals surface area contributed by atoms with Gasteiger partial charge in [-0.05, 0) is 12.1 Å². The third-order valence-corrected chi connectivity index (χ3v) is 2.46. The molecule has 0 aromatic carbocycles. The Labute approximate surface area is 109 Å². The van der Waals surface area contributed by atoms with Crippen LogP contribution in [0.4, 0.5) is 5.69 Å². The Hall–Kier alpha value is -2.08. The fourth-order valence-electron chi connectivity index (χ4n) is 1.39. The average Bonchev–Trinajstić information content (AvgIpc) is 2.76. The molecule has 0 unspecified atom stereocenters. The molecule has 0 aliphatic carbocycles. The fraction of sp³-hybridized carbons (Fsp3) is 0.182. The number of hydrogen-bond acceptors (Lipinski definition) is 4. The van der Waals surface area contributed by atoms with Crippen molar-refractivity contribution >= 4 is 23.2 Å². The van der Waals surface area contributed by atoms with Crippen LogP contribution in [-0.4, -0.2) is 27.2 Å². The summed E-state index contributed by atoms with van der Waals surface area (Å²) in [6, 6.07) is 3.20. The highest BCUT2D eigenvalue weighted by molar-refractivity contribution is 6.30. The molecule has 0 fully saturated rings. The lowest BCUT2D eigenvalue weighted by molar-refractivity contribution is 0.0947. The third-order valence-electron chi connectivity index (χ3n) is 2.24. The average molecular weight is 266 g/mol. The lowest BCUT2D eigenvalue weighted by atomic mass is 10.3. The maximum absolute atomic E-state index is 11.7. The van der Waals surface area contributed by atoms with E-state index < -0.39 is 0 Å². The van der Waals surface area contributed by atoms with Gasteiger partial charge in [0.25, 0.3) is 5.91 Å². The van der Waals surface area contributed by atoms with Gasteiger partial charge in [0.15, 0.2) is 0 Å². The zero-order chi connectivity index (χ0) is 13.0. The summed E-state index contributed by atoms with van der Waals surface area (Å²) in [6.07, 6.45) is 4.69. The number of nitrogens with zero attached hydrogens (tertiary/aromatic N) is 3. The number of pyridine rings is 1. The van der Waals surface area contributed by atoms with Crippen LogP contribution in [0.25, 0.3) is 0 Å². The minimum atomic E-state index is -0.244. The van der Waals surface area contributed by atoms with Crippen LogP contribution in [0.1, 0.15) is 10.5 Å². The number of carbonyl (C=O) groups excluding carboxylic acids is 1. The van der Waals surface area contributed by atoms with Gasteiger partial charge in [-0.25, -0.2) is 4.98 Å². The second-order valence-corrected chi connectivity index (χ2v) is 4.09. The first-order chi connectivity index (χ1) is 8.65. The van der Waals surface area contributed by atoms with Gasteiger partial charge in [-0.3, -0.25) is 9.48 Å². The van der Waals surface area contributed by atoms with Crippen molar-refractivity contribution in [1.29, 1.82) is 0 Å². The quantitative estimate of drug-likeness (QED) is 0.862. The first kappa shape index (κ1) is 12.4. The molecule has 1 amide bonds. The molecule has 18 heavy (non-hydrogen) atoms. The largest absolute Gasteiger partial charge is 0.396 e. The molecule has 7 heteroatoms. The lowest BCUT2D eigenvalue weighted by Crippen LogP contribution is -2.28. The van der Waals surface area contributed by atoms with Gasteiger partial charge < -0.3 is 11.1 Å². The smallest absolute Gasteiger partial charge is 0.269 e. The molecule has 2 rings (SSSR count). The first-order valence-electron chi connectivity index (χ1n) is 5.33. The molecule has 0 radical (unpaired) electrons. The fourth-order valence-corrected chi connectivity index (χ4v) is 1.50. The molecule has 0 bridgehead atoms. The second-order valence-electron chi connectivity index (χ2n) is 3.65. The number of nitrogens with one attached hydrogen (secondary N) is 1. The standard InChI is InChI=1S/C11H12ClN5O/c12-8-1-2-10(15-5-8)11(18)14-3-4-17-7-9(13)6-16-17/h1-2,5-7H,3-4,13H2,(H,14,18). The van der Waals surface area contributed by atoms with Crippen LogP contribution in [0.2, 0.25) is 5.02 Å². The predicted octanol–water partition coefficient (Wildman–Crippen LogP) is 0.944. The zero-order valence-electron chi connectivity index (χ0n) is 9.51. The van der Waals surface area contributed by atoms with Crippen molar-refractivity contribution in [1.82, 2.24) is 20.1 Å². The minimum absolute atomic E-state index is 0.244. The molecule has 2 aromatic heterocycles. The number of amides is 1. The van der Waals surface area contributed by atoms with Crippen molar-refractivity contribution in [2.24, 2.45) is 0 Å². The van der Waals surface area contributed by atoms with E-state index in [4.69, 9.17) is 17.3 Å². The number of anilines is 1. The van der Waals surface area contributed by atoms with E-state index in [0.717, 1.165) is 0 Å². The van der Waals surface area contributed by atoms with E-state index in [1.807, 2.05) is 0 Å². The molecular weight excluding hydrogens is 254 g/mol. The SMILES string of the molecule is Nc1cnn(CCNC(=O)c2ccc(Cl)cn2)c1. The summed E-state index contributed by atoms with van der Waals surface area (Å²) < 4.78 is 1.66. The maximum atomic E-state index is 11.7. The third kappa shape index (κ3) is 3.21. The monoisotopic (exact) mass is 265 g/mol. The Kier molecular flexibility index (Phi) is 3.78. The van der Waals surface area contributed by atoms with Gasteiger partial charge >= 0.3 is 0 Å². The molecule has 6 nitrogen and oxygen atoms in total. The van der Waals surface area contributed by atoms with Gasteiger partial charge in [-0.15, -0.1) is 0 Å². The van der Waals surface area contributed by atoms with Crippen molar-refractivity contribution < 1.29 is 4.79 Å². The van der Waals surface area contributed by atoms with Gasteiger partial charge in [0, 0.05) is 18.9 Å². The summed E-state index contributed by atoms with van der Waals surface area (Å²) in [5, 5.41) is 7.23. The number of rotatable bonds is 4. The van der Waals surface area contributed by atoms with E-state index >= 15 is 0 Å². The number of hydrogen-bond donors (Lipinski definition) is 2. The van der Waals surface area contributed by atoms with Crippen LogP contribution in [0, 0.1) is 0 Å². The molecule has 0 aliphatic rings. The number of nitrogens with two attached hydrogens (primary N) is 1. The molecule has 2 heterocycles. The summed E-state index contributed by atoms with van der Waals surface area (Å²) in [4.78, 5) is 15.6. The molecule has 0 atom stereocenters. The van der Waals surface area contributed by atoms with E-state index in [2.05, 4.69) is 15.4 Å². The molecule has 94 valence electrons. The van der Waals surface area contributed by atoms with Gasteiger partial charge in [0.1, 0.15) is 5.69 Å². The molecule has 0 aliphatic heterocycles. The molecule has 0 spiro atoms. The van der Waals surface area contributed by atoms with Crippen LogP contribution in [0.5, 0.6) is 0 Å². The van der Waals surface area contributed by atoms with Gasteiger partial charge in [-0.2, -0.15) is 5.10 Å². The van der Waals surface area contributed by atoms with Gasteiger partial charge in [-0.1, -0.05) is 11.6 Å².